The zero-order chi connectivity index (χ0) is 22.7. The van der Waals surface area contributed by atoms with Crippen LogP contribution in [-0.2, 0) is 11.3 Å². The molecule has 3 heterocycles. The number of piperazine rings is 1. The van der Waals surface area contributed by atoms with Crippen LogP contribution in [0.2, 0.25) is 0 Å². The van der Waals surface area contributed by atoms with E-state index in [4.69, 9.17) is 0 Å². The number of likely N-dealkylation sites (N-methyl/N-ethyl adjacent to an activating group) is 1. The monoisotopic (exact) mass is 438 g/mol. The third kappa shape index (κ3) is 4.96. The standard InChI is InChI=1S/C24H34N6O2/c1-18-15-19(2)30(26-18)12-9-25-23(31)22-17-29(14-13-27(22)3)24(32)20-7-6-8-21(16-20)28-10-4-5-11-28/h6-8,15-16,22H,4-5,9-14,17H2,1-3H3,(H,25,31). The van der Waals surface area contributed by atoms with Gasteiger partial charge in [0.05, 0.1) is 12.2 Å². The van der Waals surface area contributed by atoms with Gasteiger partial charge >= 0.3 is 0 Å². The Bertz CT molecular complexity index is 965. The SMILES string of the molecule is Cc1cc(C)n(CCNC(=O)C2CN(C(=O)c3cccc(N4CCCC4)c3)CCN2C)n1. The number of anilines is 1. The fourth-order valence-corrected chi connectivity index (χ4v) is 4.64. The normalized spacial score (nSPS) is 19.4. The summed E-state index contributed by atoms with van der Waals surface area (Å²) in [6.45, 7) is 8.91. The molecule has 0 saturated carbocycles. The maximum absolute atomic E-state index is 13.2. The van der Waals surface area contributed by atoms with Crippen LogP contribution in [0.4, 0.5) is 5.69 Å². The minimum absolute atomic E-state index is 0.000381. The maximum atomic E-state index is 13.2. The van der Waals surface area contributed by atoms with Gasteiger partial charge in [-0.2, -0.15) is 5.10 Å². The van der Waals surface area contributed by atoms with Crippen LogP contribution >= 0.6 is 0 Å². The number of nitrogens with one attached hydrogen (secondary N) is 1. The number of hydrogen-bond acceptors (Lipinski definition) is 5. The fraction of sp³-hybridized carbons (Fsp3) is 0.542. The molecule has 1 N–H and O–H groups in total. The van der Waals surface area contributed by atoms with Crippen molar-refractivity contribution >= 4 is 17.5 Å². The Hall–Kier alpha value is -2.87. The summed E-state index contributed by atoms with van der Waals surface area (Å²) >= 11 is 0. The quantitative estimate of drug-likeness (QED) is 0.743. The molecule has 2 aromatic rings. The smallest absolute Gasteiger partial charge is 0.254 e. The van der Waals surface area contributed by atoms with Crippen LogP contribution in [0.3, 0.4) is 0 Å². The van der Waals surface area contributed by atoms with Crippen LogP contribution in [0.25, 0.3) is 0 Å². The van der Waals surface area contributed by atoms with Crippen molar-refractivity contribution in [2.75, 3.05) is 51.2 Å². The molecular weight excluding hydrogens is 404 g/mol. The third-order valence-electron chi connectivity index (χ3n) is 6.53. The largest absolute Gasteiger partial charge is 0.372 e. The number of carbonyl (C=O) groups is 2. The summed E-state index contributed by atoms with van der Waals surface area (Å²) in [6, 6.07) is 9.58. The first-order valence-electron chi connectivity index (χ1n) is 11.6. The van der Waals surface area contributed by atoms with E-state index in [9.17, 15) is 9.59 Å². The first-order valence-corrected chi connectivity index (χ1v) is 11.6. The Labute approximate surface area is 190 Å². The molecular formula is C24H34N6O2. The summed E-state index contributed by atoms with van der Waals surface area (Å²) in [6.07, 6.45) is 2.40. The molecule has 2 aliphatic heterocycles. The van der Waals surface area contributed by atoms with E-state index in [1.54, 1.807) is 0 Å². The van der Waals surface area contributed by atoms with E-state index >= 15 is 0 Å². The molecule has 4 rings (SSSR count). The summed E-state index contributed by atoms with van der Waals surface area (Å²) in [5, 5.41) is 7.46. The van der Waals surface area contributed by atoms with Gasteiger partial charge in [0.2, 0.25) is 5.91 Å². The van der Waals surface area contributed by atoms with E-state index < -0.39 is 0 Å². The minimum atomic E-state index is -0.352. The van der Waals surface area contributed by atoms with Gasteiger partial charge in [-0.05, 0) is 58.0 Å². The molecule has 1 unspecified atom stereocenters. The molecule has 2 amide bonds. The summed E-state index contributed by atoms with van der Waals surface area (Å²) in [5.41, 5.74) is 3.87. The molecule has 8 nitrogen and oxygen atoms in total. The Kier molecular flexibility index (Phi) is 6.79. The fourth-order valence-electron chi connectivity index (χ4n) is 4.64. The molecule has 1 aromatic heterocycles. The molecule has 8 heteroatoms. The van der Waals surface area contributed by atoms with Gasteiger partial charge in [0.15, 0.2) is 0 Å². The molecule has 172 valence electrons. The van der Waals surface area contributed by atoms with Crippen molar-refractivity contribution in [3.05, 3.63) is 47.3 Å². The lowest BCUT2D eigenvalue weighted by molar-refractivity contribution is -0.127. The first kappa shape index (κ1) is 22.3. The van der Waals surface area contributed by atoms with Gasteiger partial charge in [-0.15, -0.1) is 0 Å². The number of benzene rings is 1. The molecule has 0 radical (unpaired) electrons. The van der Waals surface area contributed by atoms with Gasteiger partial charge in [-0.3, -0.25) is 19.2 Å². The average Bonchev–Trinajstić information content (AvgIpc) is 3.43. The van der Waals surface area contributed by atoms with Crippen molar-refractivity contribution in [2.24, 2.45) is 0 Å². The van der Waals surface area contributed by atoms with E-state index in [0.29, 0.717) is 38.3 Å². The number of nitrogens with zero attached hydrogens (tertiary/aromatic N) is 5. The molecule has 1 atom stereocenters. The molecule has 0 bridgehead atoms. The zero-order valence-electron chi connectivity index (χ0n) is 19.4. The first-order chi connectivity index (χ1) is 15.4. The van der Waals surface area contributed by atoms with E-state index in [1.165, 1.54) is 12.8 Å². The molecule has 1 aromatic carbocycles. The second-order valence-corrected chi connectivity index (χ2v) is 8.93. The maximum Gasteiger partial charge on any atom is 0.254 e. The van der Waals surface area contributed by atoms with Crippen molar-refractivity contribution in [2.45, 2.75) is 39.3 Å². The number of carbonyl (C=O) groups excluding carboxylic acids is 2. The van der Waals surface area contributed by atoms with Crippen molar-refractivity contribution in [3.8, 4) is 0 Å². The van der Waals surface area contributed by atoms with Gasteiger partial charge in [-0.25, -0.2) is 0 Å². The van der Waals surface area contributed by atoms with Crippen molar-refractivity contribution < 1.29 is 9.59 Å². The van der Waals surface area contributed by atoms with Crippen LogP contribution in [0.1, 0.15) is 34.6 Å². The van der Waals surface area contributed by atoms with Gasteiger partial charge in [0, 0.05) is 56.2 Å². The van der Waals surface area contributed by atoms with Crippen molar-refractivity contribution in [1.82, 2.24) is 24.9 Å². The van der Waals surface area contributed by atoms with Crippen LogP contribution in [0.15, 0.2) is 30.3 Å². The predicted octanol–water partition coefficient (Wildman–Crippen LogP) is 1.67. The Morgan fingerprint density at radius 3 is 2.59 bits per heavy atom. The molecule has 2 saturated heterocycles. The lowest BCUT2D eigenvalue weighted by Gasteiger charge is -2.38. The van der Waals surface area contributed by atoms with Crippen molar-refractivity contribution in [1.29, 1.82) is 0 Å². The van der Waals surface area contributed by atoms with E-state index in [1.807, 2.05) is 59.6 Å². The summed E-state index contributed by atoms with van der Waals surface area (Å²) in [7, 11) is 1.95. The van der Waals surface area contributed by atoms with Crippen molar-refractivity contribution in [3.63, 3.8) is 0 Å². The number of amides is 2. The van der Waals surface area contributed by atoms with Crippen LogP contribution in [0.5, 0.6) is 0 Å². The second kappa shape index (κ2) is 9.73. The average molecular weight is 439 g/mol. The number of hydrogen-bond donors (Lipinski definition) is 1. The lowest BCUT2D eigenvalue weighted by atomic mass is 10.1. The topological polar surface area (TPSA) is 73.7 Å². The molecule has 0 spiro atoms. The van der Waals surface area contributed by atoms with Crippen LogP contribution in [-0.4, -0.2) is 83.8 Å². The lowest BCUT2D eigenvalue weighted by Crippen LogP contribution is -2.59. The highest BCUT2D eigenvalue weighted by atomic mass is 16.2. The number of rotatable bonds is 6. The third-order valence-corrected chi connectivity index (χ3v) is 6.53. The second-order valence-electron chi connectivity index (χ2n) is 8.93. The van der Waals surface area contributed by atoms with Gasteiger partial charge in [0.1, 0.15) is 6.04 Å². The van der Waals surface area contributed by atoms with E-state index in [0.717, 1.165) is 30.2 Å². The minimum Gasteiger partial charge on any atom is -0.372 e. The summed E-state index contributed by atoms with van der Waals surface area (Å²) < 4.78 is 1.91. The van der Waals surface area contributed by atoms with E-state index in [2.05, 4.69) is 21.4 Å². The van der Waals surface area contributed by atoms with E-state index in [-0.39, 0.29) is 17.9 Å². The molecule has 2 fully saturated rings. The van der Waals surface area contributed by atoms with Gasteiger partial charge in [-0.1, -0.05) is 6.07 Å². The molecule has 2 aliphatic rings. The summed E-state index contributed by atoms with van der Waals surface area (Å²) in [5.74, 6) is -0.0445. The summed E-state index contributed by atoms with van der Waals surface area (Å²) in [4.78, 5) is 32.3. The van der Waals surface area contributed by atoms with Crippen LogP contribution < -0.4 is 10.2 Å². The highest BCUT2D eigenvalue weighted by molar-refractivity contribution is 5.96. The number of aromatic nitrogens is 2. The Balaban J connectivity index is 1.36. The molecule has 0 aliphatic carbocycles. The predicted molar refractivity (Wildman–Crippen MR) is 125 cm³/mol. The zero-order valence-corrected chi connectivity index (χ0v) is 19.4. The van der Waals surface area contributed by atoms with Gasteiger partial charge in [0.25, 0.3) is 5.91 Å². The highest BCUT2D eigenvalue weighted by Gasteiger charge is 2.32. The Morgan fingerprint density at radius 1 is 1.09 bits per heavy atom. The molecule has 32 heavy (non-hydrogen) atoms. The highest BCUT2D eigenvalue weighted by Crippen LogP contribution is 2.22. The van der Waals surface area contributed by atoms with Crippen LogP contribution in [0, 0.1) is 13.8 Å². The Morgan fingerprint density at radius 2 is 1.88 bits per heavy atom. The number of aryl methyl sites for hydroxylation is 2. The van der Waals surface area contributed by atoms with Gasteiger partial charge < -0.3 is 15.1 Å².